The second kappa shape index (κ2) is 7.71. The van der Waals surface area contributed by atoms with Gasteiger partial charge in [0.15, 0.2) is 11.3 Å². The molecule has 2 heterocycles. The van der Waals surface area contributed by atoms with Crippen molar-refractivity contribution in [3.63, 3.8) is 0 Å². The van der Waals surface area contributed by atoms with Gasteiger partial charge >= 0.3 is 0 Å². The zero-order valence-corrected chi connectivity index (χ0v) is 19.4. The maximum atomic E-state index is 13.5. The molecular weight excluding hydrogens is 412 g/mol. The van der Waals surface area contributed by atoms with Gasteiger partial charge in [-0.25, -0.2) is 8.42 Å². The summed E-state index contributed by atoms with van der Waals surface area (Å²) < 4.78 is 35.7. The van der Waals surface area contributed by atoms with Crippen molar-refractivity contribution in [1.82, 2.24) is 4.90 Å². The van der Waals surface area contributed by atoms with Gasteiger partial charge in [0.2, 0.25) is 0 Å². The monoisotopic (exact) mass is 440 g/mol. The summed E-state index contributed by atoms with van der Waals surface area (Å²) in [6, 6.07) is 7.48. The largest absolute Gasteiger partial charge is 0.449 e. The molecular formula is C24H28N2O4S. The number of amides is 1. The molecule has 164 valence electrons. The number of anilines is 1. The molecule has 1 aliphatic rings. The van der Waals surface area contributed by atoms with Crippen LogP contribution < -0.4 is 4.72 Å². The zero-order valence-electron chi connectivity index (χ0n) is 18.6. The average molecular weight is 441 g/mol. The van der Waals surface area contributed by atoms with Crippen molar-refractivity contribution < 1.29 is 17.6 Å². The lowest BCUT2D eigenvalue weighted by Crippen LogP contribution is -2.27. The third-order valence-corrected chi connectivity index (χ3v) is 7.56. The number of carbonyl (C=O) groups excluding carboxylic acids is 1. The number of nitrogens with zero attached hydrogens (tertiary/aromatic N) is 1. The van der Waals surface area contributed by atoms with E-state index in [0.29, 0.717) is 35.3 Å². The highest BCUT2D eigenvalue weighted by molar-refractivity contribution is 7.93. The molecule has 1 saturated heterocycles. The van der Waals surface area contributed by atoms with E-state index in [-0.39, 0.29) is 22.1 Å². The Morgan fingerprint density at radius 1 is 0.935 bits per heavy atom. The van der Waals surface area contributed by atoms with Crippen LogP contribution in [0.4, 0.5) is 5.69 Å². The summed E-state index contributed by atoms with van der Waals surface area (Å²) in [5.41, 5.74) is 4.80. The number of likely N-dealkylation sites (tertiary alicyclic amines) is 1. The normalized spacial score (nSPS) is 14.4. The fourth-order valence-corrected chi connectivity index (χ4v) is 5.86. The molecule has 31 heavy (non-hydrogen) atoms. The first kappa shape index (κ1) is 21.4. The van der Waals surface area contributed by atoms with E-state index in [9.17, 15) is 13.2 Å². The molecule has 7 heteroatoms. The smallest absolute Gasteiger partial charge is 0.289 e. The lowest BCUT2D eigenvalue weighted by molar-refractivity contribution is 0.0762. The Balaban J connectivity index is 1.87. The van der Waals surface area contributed by atoms with Gasteiger partial charge in [0.25, 0.3) is 15.9 Å². The van der Waals surface area contributed by atoms with Gasteiger partial charge in [0.05, 0.1) is 0 Å². The molecule has 3 aromatic rings. The fraction of sp³-hybridized carbons (Fsp3) is 0.375. The highest BCUT2D eigenvalue weighted by Crippen LogP contribution is 2.36. The molecule has 4 rings (SSSR count). The third-order valence-electron chi connectivity index (χ3n) is 6.02. The second-order valence-electron chi connectivity index (χ2n) is 8.56. The summed E-state index contributed by atoms with van der Waals surface area (Å²) in [7, 11) is -3.94. The summed E-state index contributed by atoms with van der Waals surface area (Å²) in [5.74, 6) is 0.0527. The van der Waals surface area contributed by atoms with Crippen molar-refractivity contribution in [2.75, 3.05) is 17.8 Å². The number of aryl methyl sites for hydroxylation is 4. The molecule has 0 saturated carbocycles. The van der Waals surface area contributed by atoms with Gasteiger partial charge in [-0.15, -0.1) is 0 Å². The SMILES string of the molecule is Cc1cc(C)cc(NS(=O)(=O)c2c(C)c(C)cc3c(C)c(C(=O)N4CCCC4)oc23)c1. The van der Waals surface area contributed by atoms with Crippen LogP contribution in [0, 0.1) is 34.6 Å². The molecule has 0 bridgehead atoms. The minimum absolute atomic E-state index is 0.0882. The summed E-state index contributed by atoms with van der Waals surface area (Å²) in [6.07, 6.45) is 1.95. The van der Waals surface area contributed by atoms with Crippen molar-refractivity contribution in [3.8, 4) is 0 Å². The van der Waals surface area contributed by atoms with Crippen LogP contribution in [0.3, 0.4) is 0 Å². The van der Waals surface area contributed by atoms with Gasteiger partial charge in [0, 0.05) is 29.7 Å². The van der Waals surface area contributed by atoms with E-state index in [1.165, 1.54) is 0 Å². The first-order valence-corrected chi connectivity index (χ1v) is 12.0. The fourth-order valence-electron chi connectivity index (χ4n) is 4.37. The molecule has 1 amide bonds. The van der Waals surface area contributed by atoms with Crippen LogP contribution in [0.5, 0.6) is 0 Å². The third kappa shape index (κ3) is 3.82. The highest BCUT2D eigenvalue weighted by Gasteiger charge is 2.30. The topological polar surface area (TPSA) is 79.6 Å². The van der Waals surface area contributed by atoms with Crippen molar-refractivity contribution >= 4 is 32.6 Å². The van der Waals surface area contributed by atoms with Crippen LogP contribution >= 0.6 is 0 Å². The minimum atomic E-state index is -3.94. The maximum absolute atomic E-state index is 13.5. The number of nitrogens with one attached hydrogen (secondary N) is 1. The number of hydrogen-bond acceptors (Lipinski definition) is 4. The van der Waals surface area contributed by atoms with E-state index < -0.39 is 10.0 Å². The van der Waals surface area contributed by atoms with Crippen LogP contribution in [0.25, 0.3) is 11.0 Å². The number of fused-ring (bicyclic) bond motifs is 1. The summed E-state index contributed by atoms with van der Waals surface area (Å²) >= 11 is 0. The number of hydrogen-bond donors (Lipinski definition) is 1. The van der Waals surface area contributed by atoms with E-state index >= 15 is 0 Å². The first-order valence-electron chi connectivity index (χ1n) is 10.5. The molecule has 1 aromatic heterocycles. The van der Waals surface area contributed by atoms with Crippen LogP contribution in [0.2, 0.25) is 0 Å². The number of rotatable bonds is 4. The Morgan fingerprint density at radius 3 is 2.16 bits per heavy atom. The van der Waals surface area contributed by atoms with Gasteiger partial charge in [-0.05, 0) is 87.9 Å². The lowest BCUT2D eigenvalue weighted by Gasteiger charge is -2.14. The van der Waals surface area contributed by atoms with Gasteiger partial charge < -0.3 is 9.32 Å². The number of benzene rings is 2. The lowest BCUT2D eigenvalue weighted by atomic mass is 10.0. The summed E-state index contributed by atoms with van der Waals surface area (Å²) in [4.78, 5) is 14.9. The van der Waals surface area contributed by atoms with Gasteiger partial charge in [0.1, 0.15) is 4.90 Å². The number of sulfonamides is 1. The van der Waals surface area contributed by atoms with E-state index in [0.717, 1.165) is 29.5 Å². The van der Waals surface area contributed by atoms with E-state index in [1.807, 2.05) is 39.8 Å². The summed E-state index contributed by atoms with van der Waals surface area (Å²) in [5, 5.41) is 0.659. The van der Waals surface area contributed by atoms with Crippen molar-refractivity contribution in [2.45, 2.75) is 52.4 Å². The molecule has 2 aromatic carbocycles. The van der Waals surface area contributed by atoms with E-state index in [2.05, 4.69) is 4.72 Å². The molecule has 0 radical (unpaired) electrons. The molecule has 0 spiro atoms. The Kier molecular flexibility index (Phi) is 5.33. The highest BCUT2D eigenvalue weighted by atomic mass is 32.2. The number of carbonyl (C=O) groups is 1. The predicted octanol–water partition coefficient (Wildman–Crippen LogP) is 5.01. The van der Waals surface area contributed by atoms with Gasteiger partial charge in [-0.1, -0.05) is 6.07 Å². The Morgan fingerprint density at radius 2 is 1.55 bits per heavy atom. The molecule has 6 nitrogen and oxygen atoms in total. The molecule has 0 atom stereocenters. The van der Waals surface area contributed by atoms with Gasteiger partial charge in [-0.2, -0.15) is 0 Å². The van der Waals surface area contributed by atoms with Crippen molar-refractivity contribution in [1.29, 1.82) is 0 Å². The van der Waals surface area contributed by atoms with E-state index in [1.54, 1.807) is 24.0 Å². The van der Waals surface area contributed by atoms with Crippen LogP contribution in [0.1, 0.15) is 51.2 Å². The molecule has 0 aliphatic carbocycles. The van der Waals surface area contributed by atoms with E-state index in [4.69, 9.17) is 4.42 Å². The Hall–Kier alpha value is -2.80. The maximum Gasteiger partial charge on any atom is 0.289 e. The predicted molar refractivity (Wildman–Crippen MR) is 122 cm³/mol. The standard InChI is InChI=1S/C24H28N2O4S/c1-14-10-15(2)12-19(11-14)25-31(28,29)23-17(4)16(3)13-20-18(5)21(30-22(20)23)24(27)26-8-6-7-9-26/h10-13,25H,6-9H2,1-5H3. The van der Waals surface area contributed by atoms with Gasteiger partial charge in [-0.3, -0.25) is 9.52 Å². The van der Waals surface area contributed by atoms with Crippen LogP contribution in [-0.4, -0.2) is 32.3 Å². The Labute approximate surface area is 183 Å². The quantitative estimate of drug-likeness (QED) is 0.618. The number of furan rings is 1. The van der Waals surface area contributed by atoms with Crippen LogP contribution in [0.15, 0.2) is 33.6 Å². The molecule has 1 fully saturated rings. The first-order chi connectivity index (χ1) is 14.6. The second-order valence-corrected chi connectivity index (χ2v) is 10.2. The summed E-state index contributed by atoms with van der Waals surface area (Å²) in [6.45, 7) is 10.7. The van der Waals surface area contributed by atoms with Crippen molar-refractivity contribution in [2.24, 2.45) is 0 Å². The van der Waals surface area contributed by atoms with Crippen LogP contribution in [-0.2, 0) is 10.0 Å². The zero-order chi connectivity index (χ0) is 22.5. The minimum Gasteiger partial charge on any atom is -0.449 e. The molecule has 0 unspecified atom stereocenters. The average Bonchev–Trinajstić information content (AvgIpc) is 3.30. The molecule has 1 N–H and O–H groups in total. The molecule has 1 aliphatic heterocycles. The Bertz CT molecular complexity index is 1280. The van der Waals surface area contributed by atoms with Crippen molar-refractivity contribution in [3.05, 3.63) is 57.8 Å².